The van der Waals surface area contributed by atoms with Crippen LogP contribution in [0.15, 0.2) is 131 Å². The molecule has 18 rings (SSSR count). The number of rotatable bonds is 15. The summed E-state index contributed by atoms with van der Waals surface area (Å²) >= 11 is 0. The molecular weight excluding hydrogens is 1640 g/mol. The molecule has 4 saturated heterocycles. The molecule has 4 fully saturated rings. The van der Waals surface area contributed by atoms with Gasteiger partial charge in [-0.25, -0.2) is 53.9 Å². The largest absolute Gasteiger partial charge is 0.497 e. The molecule has 0 saturated carbocycles. The van der Waals surface area contributed by atoms with Gasteiger partial charge in [0.25, 0.3) is 53.2 Å². The monoisotopic (exact) mass is 1710 g/mol. The average molecular weight is 1710 g/mol. The van der Waals surface area contributed by atoms with Gasteiger partial charge in [-0.15, -0.1) is 0 Å². The van der Waals surface area contributed by atoms with Gasteiger partial charge in [-0.05, 0) is 133 Å². The van der Waals surface area contributed by atoms with Crippen molar-refractivity contribution < 1.29 is 99.6 Å². The van der Waals surface area contributed by atoms with Crippen LogP contribution in [0.25, 0.3) is 22.3 Å². The Hall–Kier alpha value is -17.4. The van der Waals surface area contributed by atoms with Gasteiger partial charge in [0.15, 0.2) is 28.6 Å². The Morgan fingerprint density at radius 1 is 0.444 bits per heavy atom. The highest BCUT2D eigenvalue weighted by Crippen LogP contribution is 2.34. The van der Waals surface area contributed by atoms with Crippen LogP contribution in [0.5, 0.6) is 23.0 Å². The highest BCUT2D eigenvalue weighted by Gasteiger charge is 2.53. The van der Waals surface area contributed by atoms with E-state index in [1.807, 2.05) is 18.4 Å². The molecule has 17 amide bonds. The standard InChI is InChI=1S/C23H21N7O4.C21H17N3O7.C20H15N7O4.C20H16N4O6/c1-13(2)30-12-26-18-17(24-11-25-19(18)30)6-7-23(21(32)27-22(33)28-23)10-29-9-14-4-5-15(34-3)8-16(14)20(29)31;1-29-14-4-3-12-10-24(17(25)15(12)9-14)11-21(19(27)22-20(28)23-21)8-7-13-5-6-16(31-13)18(26)30-2;1-31-12-3-2-11-7-27(17(28)13(11)6-12)8-20(18(29)25-19(30)26-20)5-4-14-15-16(23-9-21-14)24-10-22-15;1-29-13-3-2-11-9-24(17(26)14(11)8-13)10-20(18(27)22-19(28)23-20)7-6-12-4-5-15(30-12)16(21)25/h4-5,8,11-13H,9-10H2,1-3H3,(H2,27,28,32,33);3-6,9H,10-11H2,1-2H3,(H2,22,23,27,28);2-3,6,9-10H,7-8H2,1H3,(H,21,22,23,24)(H2,25,26,29,30);2-5,8H,9-10H2,1H3,(H2,21,25)(H2,22,23,27,28)/t23-;21-;2*20-/m1111/s1. The van der Waals surface area contributed by atoms with Crippen LogP contribution in [0.3, 0.4) is 0 Å². The number of fused-ring (bicyclic) bond motifs is 6. The summed E-state index contributed by atoms with van der Waals surface area (Å²) in [7, 11) is 7.26. The number of furan rings is 2. The van der Waals surface area contributed by atoms with E-state index in [9.17, 15) is 67.1 Å². The SMILES string of the molecule is COC(=O)c1ccc(C#C[C@]2(CN3Cc4ccc(OC)cc4C3=O)NC(=O)NC2=O)o1.COc1ccc2c(c1)C(=O)N(C[C@@]1(C#Cc3ccc(C(N)=O)o3)NC(=O)NC1=O)C2.COc1ccc2c(c1)C(=O)N(C[C@@]1(C#Cc3ncnc4c3ncn4C(C)C)NC(=O)NC1=O)C2.COc1ccc2c(c1)C(=O)N(C[C@@]1(C#Cc3ncnc4nc[nH]c34)NC(=O)NC1=O)C2. The van der Waals surface area contributed by atoms with E-state index in [1.165, 1.54) is 98.4 Å². The first-order valence-electron chi connectivity index (χ1n) is 37.9. The van der Waals surface area contributed by atoms with Crippen molar-refractivity contribution in [3.8, 4) is 70.4 Å². The zero-order valence-electron chi connectivity index (χ0n) is 67.4. The number of hydrogen-bond acceptors (Lipinski definition) is 27. The first kappa shape index (κ1) is 83.6. The van der Waals surface area contributed by atoms with Gasteiger partial charge in [0.05, 0.1) is 74.4 Å². The Labute approximate surface area is 711 Å². The van der Waals surface area contributed by atoms with E-state index in [-0.39, 0.29) is 105 Å². The van der Waals surface area contributed by atoms with Crippen molar-refractivity contribution in [2.75, 3.05) is 61.7 Å². The first-order chi connectivity index (χ1) is 60.5. The second kappa shape index (κ2) is 33.6. The average Bonchev–Trinajstić information content (AvgIpc) is 2.22. The molecular formula is C84H69N21O21. The number of primary amides is 1. The lowest BCUT2D eigenvalue weighted by Gasteiger charge is -2.26. The van der Waals surface area contributed by atoms with E-state index in [2.05, 4.69) is 130 Å². The first-order valence-corrected chi connectivity index (χ1v) is 37.9. The Bertz CT molecular complexity index is 6640. The molecule has 4 aromatic carbocycles. The number of carbonyl (C=O) groups excluding carboxylic acids is 14. The van der Waals surface area contributed by atoms with Gasteiger partial charge in [0, 0.05) is 54.5 Å². The number of nitrogens with one attached hydrogen (secondary N) is 9. The fourth-order valence-electron chi connectivity index (χ4n) is 14.4. The number of nitrogens with zero attached hydrogens (tertiary/aromatic N) is 11. The minimum atomic E-state index is -1.68. The third-order valence-electron chi connectivity index (χ3n) is 20.8. The van der Waals surface area contributed by atoms with Gasteiger partial charge in [-0.2, -0.15) is 0 Å². The van der Waals surface area contributed by atoms with E-state index in [1.54, 1.807) is 79.1 Å². The molecule has 0 bridgehead atoms. The molecule has 11 N–H and O–H groups in total. The van der Waals surface area contributed by atoms with Crippen LogP contribution in [0.1, 0.15) is 128 Å². The van der Waals surface area contributed by atoms with Crippen molar-refractivity contribution in [1.29, 1.82) is 0 Å². The molecule has 126 heavy (non-hydrogen) atoms. The summed E-state index contributed by atoms with van der Waals surface area (Å²) in [6.45, 7) is 4.42. The van der Waals surface area contributed by atoms with Crippen molar-refractivity contribution in [2.45, 2.75) is 68.2 Å². The van der Waals surface area contributed by atoms with Gasteiger partial charge in [-0.3, -0.25) is 64.4 Å². The number of methoxy groups -OCH3 is 5. The summed E-state index contributed by atoms with van der Waals surface area (Å²) in [5.74, 6) is 19.0. The number of amides is 17. The quantitative estimate of drug-likeness (QED) is 0.0396. The maximum atomic E-state index is 13.0. The lowest BCUT2D eigenvalue weighted by molar-refractivity contribution is -0.123. The van der Waals surface area contributed by atoms with Gasteiger partial charge < -0.3 is 88.7 Å². The summed E-state index contributed by atoms with van der Waals surface area (Å²) in [5, 5.41) is 18.9. The minimum absolute atomic E-state index is 0.0557. The lowest BCUT2D eigenvalue weighted by atomic mass is 9.99. The second-order valence-electron chi connectivity index (χ2n) is 29.1. The third kappa shape index (κ3) is 16.3. The number of benzene rings is 4. The Morgan fingerprint density at radius 2 is 0.802 bits per heavy atom. The third-order valence-corrected chi connectivity index (χ3v) is 20.8. The van der Waals surface area contributed by atoms with E-state index >= 15 is 0 Å². The lowest BCUT2D eigenvalue weighted by Crippen LogP contribution is -2.54. The number of ether oxygens (including phenoxy) is 5. The number of carbonyl (C=O) groups is 14. The van der Waals surface area contributed by atoms with Gasteiger partial charge in [0.2, 0.25) is 27.9 Å². The number of esters is 1. The summed E-state index contributed by atoms with van der Waals surface area (Å²) in [5.41, 5.74) is 6.21. The van der Waals surface area contributed by atoms with E-state index < -0.39 is 81.8 Å². The number of H-pyrrole nitrogens is 1. The normalized spacial score (nSPS) is 19.4. The van der Waals surface area contributed by atoms with Crippen molar-refractivity contribution in [2.24, 2.45) is 5.73 Å². The summed E-state index contributed by atoms with van der Waals surface area (Å²) in [6, 6.07) is 23.6. The van der Waals surface area contributed by atoms with E-state index in [0.717, 1.165) is 22.3 Å². The predicted molar refractivity (Wildman–Crippen MR) is 431 cm³/mol. The topological polar surface area (TPSA) is 545 Å². The Kier molecular flexibility index (Phi) is 22.3. The second-order valence-corrected chi connectivity index (χ2v) is 29.1. The molecule has 42 nitrogen and oxygen atoms in total. The van der Waals surface area contributed by atoms with Crippen LogP contribution >= 0.6 is 0 Å². The molecule has 14 heterocycles. The van der Waals surface area contributed by atoms with Gasteiger partial charge in [-0.1, -0.05) is 47.9 Å². The maximum absolute atomic E-state index is 13.0. The van der Waals surface area contributed by atoms with Crippen molar-refractivity contribution in [3.63, 3.8) is 0 Å². The summed E-state index contributed by atoms with van der Waals surface area (Å²) in [6.07, 6.45) is 5.80. The number of aromatic nitrogens is 8. The summed E-state index contributed by atoms with van der Waals surface area (Å²) < 4.78 is 37.7. The molecule has 4 atom stereocenters. The highest BCUT2D eigenvalue weighted by molar-refractivity contribution is 6.13. The Balaban J connectivity index is 0.000000130. The van der Waals surface area contributed by atoms with Crippen LogP contribution in [-0.2, 0) is 50.1 Å². The number of urea groups is 4. The van der Waals surface area contributed by atoms with Crippen molar-refractivity contribution in [3.05, 3.63) is 201 Å². The predicted octanol–water partition coefficient (Wildman–Crippen LogP) is 1.58. The molecule has 0 unspecified atom stereocenters. The van der Waals surface area contributed by atoms with Crippen molar-refractivity contribution in [1.82, 2.24) is 102 Å². The molecule has 8 aliphatic rings. The number of imidazole rings is 2. The maximum Gasteiger partial charge on any atom is 0.374 e. The highest BCUT2D eigenvalue weighted by atomic mass is 16.5. The van der Waals surface area contributed by atoms with Crippen LogP contribution in [0, 0.1) is 47.4 Å². The smallest absolute Gasteiger partial charge is 0.374 e. The molecule has 636 valence electrons. The Morgan fingerprint density at radius 3 is 1.15 bits per heavy atom. The van der Waals surface area contributed by atoms with Crippen LogP contribution in [0.4, 0.5) is 19.2 Å². The molecule has 0 aliphatic carbocycles. The van der Waals surface area contributed by atoms with Gasteiger partial charge >= 0.3 is 30.1 Å². The molecule has 42 heteroatoms. The van der Waals surface area contributed by atoms with Crippen LogP contribution in [-0.4, -0.2) is 226 Å². The molecule has 0 spiro atoms. The molecule has 0 radical (unpaired) electrons. The molecule has 6 aromatic heterocycles. The fourth-order valence-corrected chi connectivity index (χ4v) is 14.4. The van der Waals surface area contributed by atoms with Crippen molar-refractivity contribution >= 4 is 106 Å². The number of imide groups is 4. The number of nitrogens with two attached hydrogens (primary N) is 1. The van der Waals surface area contributed by atoms with Gasteiger partial charge in [0.1, 0.15) is 58.1 Å². The zero-order chi connectivity index (χ0) is 89.3. The van der Waals surface area contributed by atoms with E-state index in [0.29, 0.717) is 79.0 Å². The number of aromatic amines is 1. The number of hydrogen-bond donors (Lipinski definition) is 10. The summed E-state index contributed by atoms with van der Waals surface area (Å²) in [4.78, 5) is 206. The fraction of sp³-hybridized carbons (Fsp3) is 0.238. The van der Waals surface area contributed by atoms with E-state index in [4.69, 9.17) is 33.5 Å². The zero-order valence-corrected chi connectivity index (χ0v) is 67.4. The molecule has 8 aliphatic heterocycles. The molecule has 10 aromatic rings. The minimum Gasteiger partial charge on any atom is -0.497 e. The van der Waals surface area contributed by atoms with Crippen LogP contribution in [0.2, 0.25) is 0 Å². The van der Waals surface area contributed by atoms with Crippen LogP contribution < -0.4 is 67.2 Å².